The SMILES string of the molecule is COc1cccc(/C=C/C(=O)OCC(=O)N[C@H]2CCCC[C@@H]2C)c1. The summed E-state index contributed by atoms with van der Waals surface area (Å²) < 4.78 is 10.1. The first-order valence-electron chi connectivity index (χ1n) is 8.36. The molecule has 1 amide bonds. The van der Waals surface area contributed by atoms with Crippen LogP contribution in [0.2, 0.25) is 0 Å². The van der Waals surface area contributed by atoms with E-state index in [9.17, 15) is 9.59 Å². The van der Waals surface area contributed by atoms with Crippen LogP contribution in [0.1, 0.15) is 38.2 Å². The Labute approximate surface area is 143 Å². The van der Waals surface area contributed by atoms with Crippen molar-refractivity contribution in [1.29, 1.82) is 0 Å². The molecule has 1 aromatic rings. The highest BCUT2D eigenvalue weighted by Gasteiger charge is 2.22. The second-order valence-electron chi connectivity index (χ2n) is 6.15. The van der Waals surface area contributed by atoms with Crippen LogP contribution in [0.4, 0.5) is 0 Å². The highest BCUT2D eigenvalue weighted by atomic mass is 16.5. The molecule has 2 atom stereocenters. The molecule has 0 spiro atoms. The van der Waals surface area contributed by atoms with Crippen LogP contribution >= 0.6 is 0 Å². The van der Waals surface area contributed by atoms with Crippen molar-refractivity contribution in [3.8, 4) is 5.75 Å². The molecule has 0 aromatic heterocycles. The van der Waals surface area contributed by atoms with Crippen molar-refractivity contribution >= 4 is 18.0 Å². The van der Waals surface area contributed by atoms with Crippen molar-refractivity contribution < 1.29 is 19.1 Å². The van der Waals surface area contributed by atoms with E-state index in [1.54, 1.807) is 19.3 Å². The number of methoxy groups -OCH3 is 1. The average Bonchev–Trinajstić information content (AvgIpc) is 2.60. The Balaban J connectivity index is 1.75. The fraction of sp³-hybridized carbons (Fsp3) is 0.474. The summed E-state index contributed by atoms with van der Waals surface area (Å²) in [5.41, 5.74) is 0.826. The number of esters is 1. The lowest BCUT2D eigenvalue weighted by Gasteiger charge is -2.29. The predicted octanol–water partition coefficient (Wildman–Crippen LogP) is 2.95. The Bertz CT molecular complexity index is 597. The molecule has 1 aliphatic carbocycles. The van der Waals surface area contributed by atoms with Gasteiger partial charge in [-0.1, -0.05) is 31.9 Å². The van der Waals surface area contributed by atoms with Gasteiger partial charge >= 0.3 is 5.97 Å². The van der Waals surface area contributed by atoms with Crippen LogP contribution in [0.3, 0.4) is 0 Å². The largest absolute Gasteiger partial charge is 0.497 e. The van der Waals surface area contributed by atoms with E-state index in [0.717, 1.165) is 24.8 Å². The number of amides is 1. The van der Waals surface area contributed by atoms with Gasteiger partial charge in [0.2, 0.25) is 0 Å². The molecule has 24 heavy (non-hydrogen) atoms. The number of ether oxygens (including phenoxy) is 2. The summed E-state index contributed by atoms with van der Waals surface area (Å²) in [6.45, 7) is 1.90. The summed E-state index contributed by atoms with van der Waals surface area (Å²) in [6.07, 6.45) is 7.43. The maximum Gasteiger partial charge on any atom is 0.331 e. The van der Waals surface area contributed by atoms with Crippen LogP contribution in [0.15, 0.2) is 30.3 Å². The van der Waals surface area contributed by atoms with E-state index in [1.807, 2.05) is 18.2 Å². The maximum absolute atomic E-state index is 11.9. The first-order valence-corrected chi connectivity index (χ1v) is 8.36. The number of hydrogen-bond donors (Lipinski definition) is 1. The fourth-order valence-corrected chi connectivity index (χ4v) is 2.87. The van der Waals surface area contributed by atoms with Crippen LogP contribution in [0.5, 0.6) is 5.75 Å². The number of benzene rings is 1. The Morgan fingerprint density at radius 2 is 2.08 bits per heavy atom. The van der Waals surface area contributed by atoms with Gasteiger partial charge in [-0.3, -0.25) is 4.79 Å². The zero-order valence-corrected chi connectivity index (χ0v) is 14.3. The Morgan fingerprint density at radius 3 is 2.83 bits per heavy atom. The normalized spacial score (nSPS) is 20.6. The van der Waals surface area contributed by atoms with E-state index in [4.69, 9.17) is 9.47 Å². The molecule has 0 saturated heterocycles. The molecule has 1 saturated carbocycles. The van der Waals surface area contributed by atoms with Gasteiger partial charge in [0, 0.05) is 12.1 Å². The molecule has 5 nitrogen and oxygen atoms in total. The first kappa shape index (κ1) is 18.0. The van der Waals surface area contributed by atoms with Crippen molar-refractivity contribution in [2.45, 2.75) is 38.6 Å². The quantitative estimate of drug-likeness (QED) is 0.643. The molecule has 0 bridgehead atoms. The second-order valence-corrected chi connectivity index (χ2v) is 6.15. The van der Waals surface area contributed by atoms with Gasteiger partial charge in [-0.25, -0.2) is 4.79 Å². The summed E-state index contributed by atoms with van der Waals surface area (Å²) in [6, 6.07) is 7.51. The van der Waals surface area contributed by atoms with E-state index >= 15 is 0 Å². The lowest BCUT2D eigenvalue weighted by atomic mass is 9.86. The highest BCUT2D eigenvalue weighted by molar-refractivity contribution is 5.89. The smallest absolute Gasteiger partial charge is 0.331 e. The lowest BCUT2D eigenvalue weighted by molar-refractivity contribution is -0.144. The number of nitrogens with one attached hydrogen (secondary N) is 1. The standard InChI is InChI=1S/C19H25NO4/c1-14-6-3-4-9-17(14)20-18(21)13-24-19(22)11-10-15-7-5-8-16(12-15)23-2/h5,7-8,10-12,14,17H,3-4,6,9,13H2,1-2H3,(H,20,21)/b11-10+/t14-,17-/m0/s1. The van der Waals surface area contributed by atoms with Crippen LogP contribution < -0.4 is 10.1 Å². The minimum absolute atomic E-state index is 0.192. The Kier molecular flexibility index (Phi) is 6.85. The van der Waals surface area contributed by atoms with Crippen molar-refractivity contribution in [1.82, 2.24) is 5.32 Å². The molecular formula is C19H25NO4. The molecule has 1 aliphatic rings. The molecule has 5 heteroatoms. The molecule has 0 unspecified atom stereocenters. The molecule has 130 valence electrons. The van der Waals surface area contributed by atoms with Crippen LogP contribution in [0.25, 0.3) is 6.08 Å². The van der Waals surface area contributed by atoms with E-state index in [2.05, 4.69) is 12.2 Å². The molecule has 2 rings (SSSR count). The first-order chi connectivity index (χ1) is 11.6. The minimum atomic E-state index is -0.537. The molecule has 0 aliphatic heterocycles. The van der Waals surface area contributed by atoms with E-state index in [0.29, 0.717) is 11.7 Å². The fourth-order valence-electron chi connectivity index (χ4n) is 2.87. The van der Waals surface area contributed by atoms with Gasteiger partial charge in [0.1, 0.15) is 5.75 Å². The number of carbonyl (C=O) groups is 2. The molecule has 0 radical (unpaired) electrons. The van der Waals surface area contributed by atoms with E-state index < -0.39 is 5.97 Å². The van der Waals surface area contributed by atoms with Gasteiger partial charge < -0.3 is 14.8 Å². The van der Waals surface area contributed by atoms with E-state index in [-0.39, 0.29) is 18.6 Å². The van der Waals surface area contributed by atoms with Crippen molar-refractivity contribution in [3.63, 3.8) is 0 Å². The van der Waals surface area contributed by atoms with Gasteiger partial charge in [-0.15, -0.1) is 0 Å². The molecule has 1 N–H and O–H groups in total. The lowest BCUT2D eigenvalue weighted by Crippen LogP contribution is -2.42. The third kappa shape index (κ3) is 5.72. The molecular weight excluding hydrogens is 306 g/mol. The summed E-state index contributed by atoms with van der Waals surface area (Å²) >= 11 is 0. The monoisotopic (exact) mass is 331 g/mol. The zero-order valence-electron chi connectivity index (χ0n) is 14.3. The topological polar surface area (TPSA) is 64.6 Å². The zero-order chi connectivity index (χ0) is 17.4. The predicted molar refractivity (Wildman–Crippen MR) is 92.5 cm³/mol. The van der Waals surface area contributed by atoms with Crippen molar-refractivity contribution in [3.05, 3.63) is 35.9 Å². The highest BCUT2D eigenvalue weighted by Crippen LogP contribution is 2.23. The van der Waals surface area contributed by atoms with Crippen molar-refractivity contribution in [2.75, 3.05) is 13.7 Å². The summed E-state index contributed by atoms with van der Waals surface area (Å²) in [5, 5.41) is 2.96. The van der Waals surface area contributed by atoms with E-state index in [1.165, 1.54) is 12.5 Å². The van der Waals surface area contributed by atoms with Crippen LogP contribution in [-0.4, -0.2) is 31.6 Å². The third-order valence-electron chi connectivity index (χ3n) is 4.31. The Morgan fingerprint density at radius 1 is 1.29 bits per heavy atom. The van der Waals surface area contributed by atoms with Crippen molar-refractivity contribution in [2.24, 2.45) is 5.92 Å². The van der Waals surface area contributed by atoms with Gasteiger partial charge in [0.25, 0.3) is 5.91 Å². The van der Waals surface area contributed by atoms with Gasteiger partial charge in [0.05, 0.1) is 7.11 Å². The van der Waals surface area contributed by atoms with Crippen LogP contribution in [-0.2, 0) is 14.3 Å². The third-order valence-corrected chi connectivity index (χ3v) is 4.31. The number of hydrogen-bond acceptors (Lipinski definition) is 4. The minimum Gasteiger partial charge on any atom is -0.497 e. The second kappa shape index (κ2) is 9.11. The van der Waals surface area contributed by atoms with Crippen LogP contribution in [0, 0.1) is 5.92 Å². The number of rotatable bonds is 6. The molecule has 0 heterocycles. The summed E-state index contributed by atoms with van der Waals surface area (Å²) in [7, 11) is 1.59. The van der Waals surface area contributed by atoms with Gasteiger partial charge in [-0.05, 0) is 42.5 Å². The maximum atomic E-state index is 11.9. The van der Waals surface area contributed by atoms with Gasteiger partial charge in [-0.2, -0.15) is 0 Å². The molecule has 1 aromatic carbocycles. The van der Waals surface area contributed by atoms with Gasteiger partial charge in [0.15, 0.2) is 6.61 Å². The molecule has 1 fully saturated rings. The Hall–Kier alpha value is -2.30. The summed E-state index contributed by atoms with van der Waals surface area (Å²) in [4.78, 5) is 23.6. The summed E-state index contributed by atoms with van der Waals surface area (Å²) in [5.74, 6) is 0.416. The number of carbonyl (C=O) groups excluding carboxylic acids is 2. The average molecular weight is 331 g/mol.